The zero-order chi connectivity index (χ0) is 41.9. The van der Waals surface area contributed by atoms with Crippen LogP contribution in [0.1, 0.15) is 0 Å². The van der Waals surface area contributed by atoms with Gasteiger partial charge in [0.15, 0.2) is 0 Å². The molecule has 64 heavy (non-hydrogen) atoms. The molecule has 0 atom stereocenters. The van der Waals surface area contributed by atoms with Crippen LogP contribution >= 0.6 is 0 Å². The highest BCUT2D eigenvalue weighted by Gasteiger charge is 2.24. The van der Waals surface area contributed by atoms with Gasteiger partial charge in [-0.05, 0) is 114 Å². The molecular weight excluding hydrogens is 773 g/mol. The maximum Gasteiger partial charge on any atom is 0.0619 e. The van der Waals surface area contributed by atoms with Gasteiger partial charge in [0, 0.05) is 38.3 Å². The number of benzene rings is 11. The predicted molar refractivity (Wildman–Crippen MR) is 271 cm³/mol. The third-order valence-corrected chi connectivity index (χ3v) is 13.9. The molecule has 1 aliphatic carbocycles. The summed E-state index contributed by atoms with van der Waals surface area (Å²) in [6.45, 7) is 0. The molecule has 0 amide bonds. The molecule has 0 saturated heterocycles. The number of aromatic nitrogens is 2. The molecule has 13 aromatic rings. The van der Waals surface area contributed by atoms with Crippen molar-refractivity contribution in [1.29, 1.82) is 0 Å². The van der Waals surface area contributed by atoms with E-state index in [4.69, 9.17) is 0 Å². The van der Waals surface area contributed by atoms with Crippen LogP contribution in [0.4, 0.5) is 0 Å². The summed E-state index contributed by atoms with van der Waals surface area (Å²) < 4.78 is 4.92. The summed E-state index contributed by atoms with van der Waals surface area (Å²) in [4.78, 5) is 0. The fraction of sp³-hybridized carbons (Fsp3) is 0. The van der Waals surface area contributed by atoms with Gasteiger partial charge in [0.1, 0.15) is 0 Å². The summed E-state index contributed by atoms with van der Waals surface area (Å²) in [5.74, 6) is 0. The van der Waals surface area contributed by atoms with Crippen LogP contribution < -0.4 is 0 Å². The van der Waals surface area contributed by atoms with Crippen molar-refractivity contribution in [2.24, 2.45) is 0 Å². The molecule has 0 bridgehead atoms. The molecule has 14 rings (SSSR count). The molecular formula is C62H38N2. The van der Waals surface area contributed by atoms with Gasteiger partial charge < -0.3 is 9.13 Å². The average molecular weight is 811 g/mol. The number of para-hydroxylation sites is 2. The van der Waals surface area contributed by atoms with E-state index in [9.17, 15) is 0 Å². The molecule has 2 nitrogen and oxygen atoms in total. The van der Waals surface area contributed by atoms with E-state index >= 15 is 0 Å². The van der Waals surface area contributed by atoms with E-state index in [1.54, 1.807) is 0 Å². The Morgan fingerprint density at radius 1 is 0.234 bits per heavy atom. The summed E-state index contributed by atoms with van der Waals surface area (Å²) in [5.41, 5.74) is 19.7. The van der Waals surface area contributed by atoms with Crippen LogP contribution in [0.15, 0.2) is 231 Å². The van der Waals surface area contributed by atoms with Crippen LogP contribution in [0.3, 0.4) is 0 Å². The van der Waals surface area contributed by atoms with E-state index in [1.165, 1.54) is 121 Å². The van der Waals surface area contributed by atoms with Crippen molar-refractivity contribution in [3.63, 3.8) is 0 Å². The zero-order valence-corrected chi connectivity index (χ0v) is 34.8. The second-order valence-electron chi connectivity index (χ2n) is 17.2. The van der Waals surface area contributed by atoms with E-state index in [-0.39, 0.29) is 0 Å². The Morgan fingerprint density at radius 3 is 1.56 bits per heavy atom. The lowest BCUT2D eigenvalue weighted by atomic mass is 9.89. The van der Waals surface area contributed by atoms with Gasteiger partial charge in [-0.25, -0.2) is 0 Å². The minimum Gasteiger partial charge on any atom is -0.309 e. The molecule has 0 unspecified atom stereocenters. The quantitative estimate of drug-likeness (QED) is 0.164. The first-order chi connectivity index (χ1) is 31.8. The lowest BCUT2D eigenvalue weighted by molar-refractivity contribution is 1.18. The molecule has 0 radical (unpaired) electrons. The summed E-state index contributed by atoms with van der Waals surface area (Å²) in [6, 6.07) is 85.3. The minimum atomic E-state index is 1.14. The molecule has 2 aromatic heterocycles. The Bertz CT molecular complexity index is 4040. The molecule has 0 saturated carbocycles. The topological polar surface area (TPSA) is 9.86 Å². The Kier molecular flexibility index (Phi) is 7.43. The average Bonchev–Trinajstić information content (AvgIpc) is 4.00. The summed E-state index contributed by atoms with van der Waals surface area (Å²) >= 11 is 0. The normalized spacial score (nSPS) is 12.1. The van der Waals surface area contributed by atoms with E-state index < -0.39 is 0 Å². The first-order valence-electron chi connectivity index (χ1n) is 22.2. The molecule has 296 valence electrons. The smallest absolute Gasteiger partial charge is 0.0619 e. The molecule has 0 fully saturated rings. The van der Waals surface area contributed by atoms with Crippen LogP contribution in [0.2, 0.25) is 0 Å². The van der Waals surface area contributed by atoms with Gasteiger partial charge in [-0.2, -0.15) is 0 Å². The van der Waals surface area contributed by atoms with Crippen LogP contribution in [-0.4, -0.2) is 9.13 Å². The van der Waals surface area contributed by atoms with Crippen molar-refractivity contribution in [3.05, 3.63) is 231 Å². The third kappa shape index (κ3) is 5.02. The summed E-state index contributed by atoms with van der Waals surface area (Å²) in [6.07, 6.45) is 0. The maximum absolute atomic E-state index is 2.51. The van der Waals surface area contributed by atoms with Gasteiger partial charge >= 0.3 is 0 Å². The van der Waals surface area contributed by atoms with Crippen molar-refractivity contribution in [1.82, 2.24) is 9.13 Å². The van der Waals surface area contributed by atoms with Crippen molar-refractivity contribution < 1.29 is 0 Å². The SMILES string of the molecule is c1ccc(-n2c3ccccc3c3ccc(-c4ccc5c6ccc7ccccc7c6n(-c6cccc(-c7ccccc7-c7ccc8c9c(cccc79)-c7ccccc7-8)c6)c5c4)cc32)cc1. The first kappa shape index (κ1) is 35.2. The minimum absolute atomic E-state index is 1.14. The molecule has 0 aliphatic heterocycles. The van der Waals surface area contributed by atoms with Gasteiger partial charge in [0.05, 0.1) is 22.1 Å². The largest absolute Gasteiger partial charge is 0.309 e. The van der Waals surface area contributed by atoms with Gasteiger partial charge in [-0.3, -0.25) is 0 Å². The second-order valence-corrected chi connectivity index (χ2v) is 17.2. The van der Waals surface area contributed by atoms with Crippen molar-refractivity contribution in [2.45, 2.75) is 0 Å². The van der Waals surface area contributed by atoms with Gasteiger partial charge in [0.25, 0.3) is 0 Å². The lowest BCUT2D eigenvalue weighted by Crippen LogP contribution is -1.96. The fourth-order valence-corrected chi connectivity index (χ4v) is 11.1. The molecule has 0 N–H and O–H groups in total. The highest BCUT2D eigenvalue weighted by molar-refractivity contribution is 6.21. The highest BCUT2D eigenvalue weighted by Crippen LogP contribution is 2.50. The molecule has 0 spiro atoms. The number of rotatable bonds is 5. The summed E-state index contributed by atoms with van der Waals surface area (Å²) in [7, 11) is 0. The monoisotopic (exact) mass is 810 g/mol. The Balaban J connectivity index is 0.972. The third-order valence-electron chi connectivity index (χ3n) is 13.9. The first-order valence-corrected chi connectivity index (χ1v) is 22.2. The molecule has 2 heterocycles. The van der Waals surface area contributed by atoms with Gasteiger partial charge in [-0.1, -0.05) is 188 Å². The lowest BCUT2D eigenvalue weighted by Gasteiger charge is -2.16. The van der Waals surface area contributed by atoms with E-state index in [1.807, 2.05) is 0 Å². The van der Waals surface area contributed by atoms with Crippen molar-refractivity contribution in [2.75, 3.05) is 0 Å². The van der Waals surface area contributed by atoms with Gasteiger partial charge in [-0.15, -0.1) is 0 Å². The van der Waals surface area contributed by atoms with Crippen molar-refractivity contribution >= 4 is 65.2 Å². The maximum atomic E-state index is 2.51. The second kappa shape index (κ2) is 13.5. The zero-order valence-electron chi connectivity index (χ0n) is 34.8. The molecule has 2 heteroatoms. The molecule has 11 aromatic carbocycles. The van der Waals surface area contributed by atoms with Crippen LogP contribution in [0.25, 0.3) is 132 Å². The van der Waals surface area contributed by atoms with Crippen LogP contribution in [0, 0.1) is 0 Å². The van der Waals surface area contributed by atoms with E-state index in [0.717, 1.165) is 11.4 Å². The highest BCUT2D eigenvalue weighted by atomic mass is 15.0. The number of fused-ring (bicyclic) bond motifs is 11. The Morgan fingerprint density at radius 2 is 0.766 bits per heavy atom. The Hall–Kier alpha value is -8.46. The fourth-order valence-electron chi connectivity index (χ4n) is 11.1. The number of hydrogen-bond acceptors (Lipinski definition) is 0. The van der Waals surface area contributed by atoms with Crippen molar-refractivity contribution in [3.8, 4) is 67.0 Å². The number of hydrogen-bond donors (Lipinski definition) is 0. The standard InChI is InChI=1S/C62H38N2/c1-2-16-43(17-3-1)63-58-27-11-10-24-51(58)52-31-29-40(37-59(52)63)41-30-32-53-57-33-28-39-14-4-5-20-46(39)62(57)64(60(53)38-41)44-18-12-15-42(36-44)45-19-6-7-21-47(45)50-34-35-56-49-23-9-8-22-48(49)54-25-13-26-55(50)61(54)56/h1-38H. The summed E-state index contributed by atoms with van der Waals surface area (Å²) in [5, 5.41) is 10.1. The van der Waals surface area contributed by atoms with E-state index in [0.29, 0.717) is 0 Å². The predicted octanol–water partition coefficient (Wildman–Crippen LogP) is 16.8. The van der Waals surface area contributed by atoms with Crippen LogP contribution in [-0.2, 0) is 0 Å². The van der Waals surface area contributed by atoms with Crippen LogP contribution in [0.5, 0.6) is 0 Å². The molecule has 1 aliphatic rings. The van der Waals surface area contributed by atoms with E-state index in [2.05, 4.69) is 240 Å². The van der Waals surface area contributed by atoms with Gasteiger partial charge in [0.2, 0.25) is 0 Å². The Labute approximate surface area is 370 Å². The number of nitrogens with zero attached hydrogens (tertiary/aromatic N) is 2.